The van der Waals surface area contributed by atoms with Crippen molar-refractivity contribution in [2.75, 3.05) is 0 Å². The summed E-state index contributed by atoms with van der Waals surface area (Å²) in [4.78, 5) is 7.87. The number of aromatic nitrogens is 11. The number of benzene rings is 1. The molecular formula is C26H16ClF6N11. The number of tetrazole rings is 1. The maximum atomic E-state index is 15.3. The predicted molar refractivity (Wildman–Crippen MR) is 141 cm³/mol. The maximum absolute atomic E-state index is 15.3. The van der Waals surface area contributed by atoms with Crippen LogP contribution in [0.4, 0.5) is 26.3 Å². The Bertz CT molecular complexity index is 1900. The van der Waals surface area contributed by atoms with Crippen molar-refractivity contribution in [3.8, 4) is 27.9 Å². The van der Waals surface area contributed by atoms with E-state index in [2.05, 4.69) is 40.9 Å². The molecule has 5 aromatic heterocycles. The molecule has 0 saturated carbocycles. The third-order valence-electron chi connectivity index (χ3n) is 6.55. The second-order valence-electron chi connectivity index (χ2n) is 9.31. The van der Waals surface area contributed by atoms with E-state index in [0.29, 0.717) is 27.2 Å². The Morgan fingerprint density at radius 2 is 1.73 bits per heavy atom. The Morgan fingerprint density at radius 1 is 0.886 bits per heavy atom. The first kappa shape index (κ1) is 28.9. The minimum absolute atomic E-state index is 0.0221. The summed E-state index contributed by atoms with van der Waals surface area (Å²) in [6.45, 7) is -2.92. The summed E-state index contributed by atoms with van der Waals surface area (Å²) in [6, 6.07) is 7.53. The van der Waals surface area contributed by atoms with Crippen molar-refractivity contribution in [3.05, 3.63) is 102 Å². The minimum atomic E-state index is -4.65. The van der Waals surface area contributed by atoms with Crippen molar-refractivity contribution in [2.45, 2.75) is 25.2 Å². The SMILES string of the molecule is Fc1c(Cl)ccc(-n2cnnn2)c1-c1ccc([C@@H](Cc2cn(C(F)F)nn2)n2cc(-c3ccnc(C(F)(F)F)c3)cn2)nc1. The molecule has 0 fully saturated rings. The first-order valence-electron chi connectivity index (χ1n) is 12.5. The lowest BCUT2D eigenvalue weighted by atomic mass is 10.0. The van der Waals surface area contributed by atoms with E-state index in [4.69, 9.17) is 11.6 Å². The van der Waals surface area contributed by atoms with Crippen molar-refractivity contribution < 1.29 is 26.3 Å². The van der Waals surface area contributed by atoms with E-state index in [1.807, 2.05) is 0 Å². The van der Waals surface area contributed by atoms with Crippen LogP contribution in [0.5, 0.6) is 0 Å². The zero-order valence-electron chi connectivity index (χ0n) is 21.9. The van der Waals surface area contributed by atoms with Gasteiger partial charge in [-0.25, -0.2) is 4.39 Å². The highest BCUT2D eigenvalue weighted by atomic mass is 35.5. The zero-order valence-corrected chi connectivity index (χ0v) is 22.6. The number of pyridine rings is 2. The molecule has 0 N–H and O–H groups in total. The first-order valence-corrected chi connectivity index (χ1v) is 12.9. The highest BCUT2D eigenvalue weighted by Crippen LogP contribution is 2.35. The van der Waals surface area contributed by atoms with E-state index in [1.165, 1.54) is 52.5 Å². The quantitative estimate of drug-likeness (QED) is 0.199. The molecule has 0 saturated heterocycles. The maximum Gasteiger partial charge on any atom is 0.433 e. The Labute approximate surface area is 247 Å². The first-order chi connectivity index (χ1) is 21.1. The van der Waals surface area contributed by atoms with E-state index >= 15 is 4.39 Å². The molecule has 0 spiro atoms. The fraction of sp³-hybridized carbons (Fsp3) is 0.154. The van der Waals surface area contributed by atoms with Gasteiger partial charge in [-0.2, -0.15) is 36.4 Å². The van der Waals surface area contributed by atoms with Gasteiger partial charge in [0.1, 0.15) is 12.0 Å². The molecule has 224 valence electrons. The van der Waals surface area contributed by atoms with Crippen LogP contribution in [-0.4, -0.2) is 54.9 Å². The van der Waals surface area contributed by atoms with Crippen LogP contribution in [0, 0.1) is 5.82 Å². The standard InChI is InChI=1S/C26H16ClF6N11/c27-18-2-4-20(44-13-36-39-41-44)23(24(18)28)15-1-3-19(35-9-15)21(8-17-12-43(25(29)30)40-38-17)42-11-16(10-37-42)14-5-6-34-22(7-14)26(31,32)33/h1-7,9-13,21,25H,8H2/t21-/m1/s1. The van der Waals surface area contributed by atoms with E-state index in [9.17, 15) is 22.0 Å². The Kier molecular flexibility index (Phi) is 7.54. The lowest BCUT2D eigenvalue weighted by Gasteiger charge is -2.17. The summed E-state index contributed by atoms with van der Waals surface area (Å²) in [6.07, 6.45) is 2.93. The van der Waals surface area contributed by atoms with E-state index < -0.39 is 30.3 Å². The molecule has 6 aromatic rings. The van der Waals surface area contributed by atoms with Gasteiger partial charge in [0.2, 0.25) is 0 Å². The lowest BCUT2D eigenvalue weighted by molar-refractivity contribution is -0.141. The smallest absolute Gasteiger partial charge is 0.263 e. The van der Waals surface area contributed by atoms with Gasteiger partial charge in [0, 0.05) is 41.7 Å². The molecule has 6 rings (SSSR count). The molecule has 0 unspecified atom stereocenters. The average Bonchev–Trinajstić information content (AvgIpc) is 3.80. The van der Waals surface area contributed by atoms with Crippen molar-refractivity contribution in [1.29, 1.82) is 0 Å². The van der Waals surface area contributed by atoms with Gasteiger partial charge in [-0.15, -0.1) is 10.2 Å². The van der Waals surface area contributed by atoms with Gasteiger partial charge in [-0.3, -0.25) is 14.6 Å². The van der Waals surface area contributed by atoms with E-state index in [0.717, 1.165) is 18.5 Å². The Morgan fingerprint density at radius 3 is 2.41 bits per heavy atom. The fourth-order valence-electron chi connectivity index (χ4n) is 4.48. The molecule has 11 nitrogen and oxygen atoms in total. The topological polar surface area (TPSA) is 118 Å². The lowest BCUT2D eigenvalue weighted by Crippen LogP contribution is -2.16. The van der Waals surface area contributed by atoms with Crippen LogP contribution in [0.1, 0.15) is 29.7 Å². The number of halogens is 7. The average molecular weight is 632 g/mol. The Hall–Kier alpha value is -5.19. The van der Waals surface area contributed by atoms with Crippen LogP contribution >= 0.6 is 11.6 Å². The van der Waals surface area contributed by atoms with Gasteiger partial charge >= 0.3 is 12.7 Å². The van der Waals surface area contributed by atoms with E-state index in [1.54, 1.807) is 12.1 Å². The molecule has 5 heterocycles. The van der Waals surface area contributed by atoms with Gasteiger partial charge in [0.25, 0.3) is 0 Å². The van der Waals surface area contributed by atoms with Crippen LogP contribution in [0.2, 0.25) is 5.02 Å². The third-order valence-corrected chi connectivity index (χ3v) is 6.84. The third kappa shape index (κ3) is 5.72. The summed E-state index contributed by atoms with van der Waals surface area (Å²) >= 11 is 6.06. The number of hydrogen-bond acceptors (Lipinski definition) is 8. The highest BCUT2D eigenvalue weighted by Gasteiger charge is 2.32. The molecule has 0 aliphatic rings. The number of rotatable bonds is 8. The number of nitrogens with zero attached hydrogens (tertiary/aromatic N) is 11. The minimum Gasteiger partial charge on any atom is -0.263 e. The van der Waals surface area contributed by atoms with Crippen LogP contribution in [0.15, 0.2) is 73.7 Å². The second-order valence-corrected chi connectivity index (χ2v) is 9.71. The molecule has 0 aliphatic carbocycles. The van der Waals surface area contributed by atoms with Crippen molar-refractivity contribution in [1.82, 2.24) is 54.9 Å². The summed E-state index contributed by atoms with van der Waals surface area (Å²) < 4.78 is 84.4. The van der Waals surface area contributed by atoms with Gasteiger partial charge in [0.15, 0.2) is 5.82 Å². The van der Waals surface area contributed by atoms with Crippen LogP contribution in [-0.2, 0) is 12.6 Å². The predicted octanol–water partition coefficient (Wildman–Crippen LogP) is 5.61. The summed E-state index contributed by atoms with van der Waals surface area (Å²) in [5.74, 6) is -0.735. The molecule has 1 aromatic carbocycles. The number of alkyl halides is 5. The second kappa shape index (κ2) is 11.5. The fourth-order valence-corrected chi connectivity index (χ4v) is 4.64. The van der Waals surface area contributed by atoms with Gasteiger partial charge in [-0.1, -0.05) is 22.9 Å². The van der Waals surface area contributed by atoms with Crippen LogP contribution < -0.4 is 0 Å². The summed E-state index contributed by atoms with van der Waals surface area (Å²) in [5.41, 5.74) is 0.668. The molecule has 18 heteroatoms. The monoisotopic (exact) mass is 631 g/mol. The molecule has 0 bridgehead atoms. The summed E-state index contributed by atoms with van der Waals surface area (Å²) in [7, 11) is 0. The molecule has 1 atom stereocenters. The molecule has 0 amide bonds. The van der Waals surface area contributed by atoms with Crippen molar-refractivity contribution in [3.63, 3.8) is 0 Å². The Balaban J connectivity index is 1.39. The van der Waals surface area contributed by atoms with Crippen molar-refractivity contribution >= 4 is 11.6 Å². The van der Waals surface area contributed by atoms with Crippen LogP contribution in [0.25, 0.3) is 27.9 Å². The van der Waals surface area contributed by atoms with Crippen molar-refractivity contribution in [2.24, 2.45) is 0 Å². The summed E-state index contributed by atoms with van der Waals surface area (Å²) in [5, 5.41) is 22.4. The molecule has 0 aliphatic heterocycles. The largest absolute Gasteiger partial charge is 0.433 e. The van der Waals surface area contributed by atoms with E-state index in [-0.39, 0.29) is 28.3 Å². The molecule has 0 radical (unpaired) electrons. The molecule has 44 heavy (non-hydrogen) atoms. The molecular weight excluding hydrogens is 616 g/mol. The van der Waals surface area contributed by atoms with Gasteiger partial charge in [-0.05, 0) is 46.3 Å². The van der Waals surface area contributed by atoms with Gasteiger partial charge in [0.05, 0.1) is 40.5 Å². The zero-order chi connectivity index (χ0) is 31.0. The number of hydrogen-bond donors (Lipinski definition) is 0. The normalized spacial score (nSPS) is 12.6. The highest BCUT2D eigenvalue weighted by molar-refractivity contribution is 6.31. The van der Waals surface area contributed by atoms with Gasteiger partial charge < -0.3 is 0 Å². The van der Waals surface area contributed by atoms with Crippen LogP contribution in [0.3, 0.4) is 0 Å².